The molecule has 0 unspecified atom stereocenters. The summed E-state index contributed by atoms with van der Waals surface area (Å²) in [4.78, 5) is 17.4. The summed E-state index contributed by atoms with van der Waals surface area (Å²) in [7, 11) is 1.63. The number of carbonyl (C=O) groups is 1. The van der Waals surface area contributed by atoms with E-state index in [-0.39, 0.29) is 12.3 Å². The van der Waals surface area contributed by atoms with Gasteiger partial charge in [-0.15, -0.1) is 0 Å². The minimum Gasteiger partial charge on any atom is -0.497 e. The van der Waals surface area contributed by atoms with Gasteiger partial charge < -0.3 is 14.6 Å². The van der Waals surface area contributed by atoms with Crippen LogP contribution < -0.4 is 10.1 Å². The van der Waals surface area contributed by atoms with Crippen molar-refractivity contribution in [2.24, 2.45) is 4.99 Å². The maximum atomic E-state index is 12.4. The average Bonchev–Trinajstić information content (AvgIpc) is 3.06. The molecule has 0 saturated heterocycles. The minimum atomic E-state index is -0.503. The van der Waals surface area contributed by atoms with E-state index in [0.29, 0.717) is 23.1 Å². The van der Waals surface area contributed by atoms with Gasteiger partial charge in [0.25, 0.3) is 0 Å². The van der Waals surface area contributed by atoms with Crippen LogP contribution in [0, 0.1) is 6.92 Å². The first kappa shape index (κ1) is 20.2. The second-order valence-electron chi connectivity index (χ2n) is 7.08. The van der Waals surface area contributed by atoms with Crippen LogP contribution in [0.5, 0.6) is 5.75 Å². The predicted molar refractivity (Wildman–Crippen MR) is 116 cm³/mol. The third-order valence-electron chi connectivity index (χ3n) is 5.10. The second-order valence-corrected chi connectivity index (χ2v) is 7.51. The van der Waals surface area contributed by atoms with Crippen LogP contribution in [0.4, 0.5) is 0 Å². The number of aromatic nitrogens is 1. The molecule has 30 heavy (non-hydrogen) atoms. The van der Waals surface area contributed by atoms with Gasteiger partial charge in [0.15, 0.2) is 5.76 Å². The lowest BCUT2D eigenvalue weighted by atomic mass is 9.92. The Kier molecular flexibility index (Phi) is 5.59. The molecule has 0 fully saturated rings. The van der Waals surface area contributed by atoms with Crippen molar-refractivity contribution in [2.75, 3.05) is 13.7 Å². The number of methoxy groups -OCH3 is 1. The molecule has 1 aliphatic heterocycles. The summed E-state index contributed by atoms with van der Waals surface area (Å²) in [5.41, 5.74) is 5.10. The number of nitrogens with zero attached hydrogens (tertiary/aromatic N) is 2. The molecule has 0 bridgehead atoms. The number of aryl methyl sites for hydroxylation is 1. The van der Waals surface area contributed by atoms with E-state index in [9.17, 15) is 4.79 Å². The van der Waals surface area contributed by atoms with Crippen LogP contribution in [0.25, 0.3) is 11.1 Å². The molecule has 1 N–H and O–H groups in total. The van der Waals surface area contributed by atoms with E-state index in [2.05, 4.69) is 10.5 Å². The third-order valence-corrected chi connectivity index (χ3v) is 5.35. The van der Waals surface area contributed by atoms with Gasteiger partial charge in [0, 0.05) is 22.7 Å². The van der Waals surface area contributed by atoms with Gasteiger partial charge in [0.1, 0.15) is 11.8 Å². The van der Waals surface area contributed by atoms with Gasteiger partial charge in [0.05, 0.1) is 30.5 Å². The largest absolute Gasteiger partial charge is 0.497 e. The lowest BCUT2D eigenvalue weighted by Crippen LogP contribution is -2.24. The quantitative estimate of drug-likeness (QED) is 0.643. The van der Waals surface area contributed by atoms with E-state index in [1.54, 1.807) is 7.11 Å². The molecule has 154 valence electrons. The SMILES string of the molecule is CCNC(=O)C[C@@H]1N=C(c2ccc(Cl)cc2)c2cc(OC)ccc2-c2c(C)noc21. The molecule has 1 atom stereocenters. The lowest BCUT2D eigenvalue weighted by Gasteiger charge is -2.13. The Morgan fingerprint density at radius 1 is 1.20 bits per heavy atom. The molecule has 7 heteroatoms. The summed E-state index contributed by atoms with van der Waals surface area (Å²) < 4.78 is 11.2. The molecule has 1 amide bonds. The number of fused-ring (bicyclic) bond motifs is 3. The number of halogens is 1. The molecular weight excluding hydrogens is 402 g/mol. The monoisotopic (exact) mass is 423 g/mol. The molecular formula is C23H22ClN3O3. The Hall–Kier alpha value is -3.12. The van der Waals surface area contributed by atoms with Gasteiger partial charge in [-0.05, 0) is 49.7 Å². The van der Waals surface area contributed by atoms with Crippen molar-refractivity contribution in [3.8, 4) is 16.9 Å². The van der Waals surface area contributed by atoms with Gasteiger partial charge in [-0.25, -0.2) is 0 Å². The fourth-order valence-electron chi connectivity index (χ4n) is 3.71. The Bertz CT molecular complexity index is 1120. The summed E-state index contributed by atoms with van der Waals surface area (Å²) in [6.07, 6.45) is 0.164. The molecule has 2 heterocycles. The zero-order valence-corrected chi connectivity index (χ0v) is 17.8. The highest BCUT2D eigenvalue weighted by Gasteiger charge is 2.31. The van der Waals surface area contributed by atoms with Crippen LogP contribution in [0.3, 0.4) is 0 Å². The fraction of sp³-hybridized carbons (Fsp3) is 0.261. The fourth-order valence-corrected chi connectivity index (χ4v) is 3.84. The molecule has 0 saturated carbocycles. The Balaban J connectivity index is 1.96. The van der Waals surface area contributed by atoms with Crippen molar-refractivity contribution in [2.45, 2.75) is 26.3 Å². The van der Waals surface area contributed by atoms with E-state index in [1.165, 1.54) is 0 Å². The number of ether oxygens (including phenoxy) is 1. The summed E-state index contributed by atoms with van der Waals surface area (Å²) in [6.45, 7) is 4.34. The third kappa shape index (κ3) is 3.71. The average molecular weight is 424 g/mol. The summed E-state index contributed by atoms with van der Waals surface area (Å²) in [5.74, 6) is 1.22. The number of aliphatic imine (C=N–C) groups is 1. The van der Waals surface area contributed by atoms with Crippen LogP contribution in [0.2, 0.25) is 5.02 Å². The number of benzene rings is 2. The molecule has 0 spiro atoms. The Labute approximate surface area is 179 Å². The van der Waals surface area contributed by atoms with Crippen molar-refractivity contribution in [3.63, 3.8) is 0 Å². The maximum Gasteiger partial charge on any atom is 0.222 e. The van der Waals surface area contributed by atoms with Gasteiger partial charge in [-0.1, -0.05) is 28.9 Å². The molecule has 4 rings (SSSR count). The minimum absolute atomic E-state index is 0.0924. The van der Waals surface area contributed by atoms with Crippen LogP contribution in [0.1, 0.15) is 42.0 Å². The van der Waals surface area contributed by atoms with E-state index in [1.807, 2.05) is 56.3 Å². The van der Waals surface area contributed by atoms with E-state index in [0.717, 1.165) is 33.7 Å². The highest BCUT2D eigenvalue weighted by molar-refractivity contribution is 6.30. The van der Waals surface area contributed by atoms with Gasteiger partial charge in [-0.2, -0.15) is 0 Å². The molecule has 2 aromatic carbocycles. The number of hydrogen-bond acceptors (Lipinski definition) is 5. The summed E-state index contributed by atoms with van der Waals surface area (Å²) in [6, 6.07) is 12.8. The smallest absolute Gasteiger partial charge is 0.222 e. The molecule has 1 aromatic heterocycles. The van der Waals surface area contributed by atoms with E-state index >= 15 is 0 Å². The maximum absolute atomic E-state index is 12.4. The van der Waals surface area contributed by atoms with E-state index in [4.69, 9.17) is 25.9 Å². The van der Waals surface area contributed by atoms with E-state index < -0.39 is 6.04 Å². The predicted octanol–water partition coefficient (Wildman–Crippen LogP) is 4.73. The van der Waals surface area contributed by atoms with Gasteiger partial charge >= 0.3 is 0 Å². The standard InChI is InChI=1S/C23H22ClN3O3/c1-4-25-20(28)12-19-23-21(13(2)27-30-23)17-10-9-16(29-3)11-18(17)22(26-19)14-5-7-15(24)8-6-14/h5-11,19H,4,12H2,1-3H3,(H,25,28)/t19-/m0/s1. The van der Waals surface area contributed by atoms with Crippen LogP contribution >= 0.6 is 11.6 Å². The van der Waals surface area contributed by atoms with Crippen LogP contribution in [-0.2, 0) is 4.79 Å². The first-order valence-corrected chi connectivity index (χ1v) is 10.1. The van der Waals surface area contributed by atoms with Gasteiger partial charge in [0.2, 0.25) is 5.91 Å². The van der Waals surface area contributed by atoms with Crippen molar-refractivity contribution < 1.29 is 14.1 Å². The topological polar surface area (TPSA) is 76.7 Å². The molecule has 0 radical (unpaired) electrons. The van der Waals surface area contributed by atoms with Crippen molar-refractivity contribution >= 4 is 23.2 Å². The Morgan fingerprint density at radius 3 is 2.67 bits per heavy atom. The zero-order chi connectivity index (χ0) is 21.3. The second kappa shape index (κ2) is 8.32. The van der Waals surface area contributed by atoms with Crippen molar-refractivity contribution in [3.05, 3.63) is 70.1 Å². The normalized spacial score (nSPS) is 14.9. The highest BCUT2D eigenvalue weighted by Crippen LogP contribution is 2.41. The molecule has 0 aliphatic carbocycles. The van der Waals surface area contributed by atoms with Crippen LogP contribution in [0.15, 0.2) is 52.0 Å². The summed E-state index contributed by atoms with van der Waals surface area (Å²) >= 11 is 6.10. The molecule has 1 aliphatic rings. The summed E-state index contributed by atoms with van der Waals surface area (Å²) in [5, 5.41) is 7.66. The van der Waals surface area contributed by atoms with Gasteiger partial charge in [-0.3, -0.25) is 9.79 Å². The first-order chi connectivity index (χ1) is 14.5. The molecule has 6 nitrogen and oxygen atoms in total. The number of carbonyl (C=O) groups excluding carboxylic acids is 1. The first-order valence-electron chi connectivity index (χ1n) is 9.77. The molecule has 3 aromatic rings. The van der Waals surface area contributed by atoms with Crippen LogP contribution in [-0.4, -0.2) is 30.4 Å². The number of nitrogens with one attached hydrogen (secondary N) is 1. The zero-order valence-electron chi connectivity index (χ0n) is 17.0. The highest BCUT2D eigenvalue weighted by atomic mass is 35.5. The number of amides is 1. The lowest BCUT2D eigenvalue weighted by molar-refractivity contribution is -0.121. The van der Waals surface area contributed by atoms with Crippen molar-refractivity contribution in [1.29, 1.82) is 0 Å². The van der Waals surface area contributed by atoms with Crippen molar-refractivity contribution in [1.82, 2.24) is 10.5 Å². The Morgan fingerprint density at radius 2 is 1.97 bits per heavy atom. The number of hydrogen-bond donors (Lipinski definition) is 1. The number of rotatable bonds is 5.